The summed E-state index contributed by atoms with van der Waals surface area (Å²) in [6, 6.07) is 7.39. The number of hydrogen-bond donors (Lipinski definition) is 4. The van der Waals surface area contributed by atoms with Crippen LogP contribution in [0.1, 0.15) is 86.6 Å². The number of carbonyl (C=O) groups is 7. The molecule has 0 bridgehead atoms. The molecule has 0 aliphatic carbocycles. The number of primary amides is 1. The van der Waals surface area contributed by atoms with Crippen LogP contribution in [0, 0.1) is 23.7 Å². The van der Waals surface area contributed by atoms with Crippen LogP contribution in [0.25, 0.3) is 0 Å². The fourth-order valence-corrected chi connectivity index (χ4v) is 5.68. The number of anilines is 1. The number of amides is 6. The van der Waals surface area contributed by atoms with Crippen molar-refractivity contribution in [2.75, 3.05) is 124 Å². The first-order chi connectivity index (χ1) is 33.5. The van der Waals surface area contributed by atoms with Gasteiger partial charge in [0.2, 0.25) is 35.9 Å². The normalized spacial score (nSPS) is 13.3. The molecule has 0 aromatic heterocycles. The summed E-state index contributed by atoms with van der Waals surface area (Å²) >= 11 is 0. The SMILES string of the molecule is CC(C)C(=O)OCc1ccc(NC=O)cc1.CC(C)C1CC(=O)N(CCC(=O)NCCOCCOCCOCCOCCOCCOCCOCCOCCC(N)=O)C1=O.CC(C)CC(=O)NC(C)C. The zero-order valence-corrected chi connectivity index (χ0v) is 43.1. The van der Waals surface area contributed by atoms with Crippen molar-refractivity contribution >= 4 is 47.6 Å². The van der Waals surface area contributed by atoms with Crippen LogP contribution in [0.5, 0.6) is 0 Å². The molecule has 1 fully saturated rings. The first kappa shape index (κ1) is 65.4. The Kier molecular flexibility index (Phi) is 40.4. The van der Waals surface area contributed by atoms with E-state index in [2.05, 4.69) is 16.0 Å². The fraction of sp³-hybridized carbons (Fsp3) is 0.735. The number of nitrogens with zero attached hydrogens (tertiary/aromatic N) is 1. The topological polar surface area (TPSA) is 268 Å². The number of hydrogen-bond acceptors (Lipinski definition) is 16. The molecule has 70 heavy (non-hydrogen) atoms. The maximum Gasteiger partial charge on any atom is 0.308 e. The summed E-state index contributed by atoms with van der Waals surface area (Å²) in [4.78, 5) is 80.3. The molecule has 2 rings (SSSR count). The molecule has 0 spiro atoms. The molecule has 1 aliphatic heterocycles. The van der Waals surface area contributed by atoms with E-state index < -0.39 is 0 Å². The minimum atomic E-state index is -0.383. The van der Waals surface area contributed by atoms with Crippen molar-refractivity contribution in [2.45, 2.75) is 93.7 Å². The average molecular weight is 1000 g/mol. The second-order valence-corrected chi connectivity index (χ2v) is 17.2. The summed E-state index contributed by atoms with van der Waals surface area (Å²) in [5, 5.41) is 8.09. The van der Waals surface area contributed by atoms with Crippen LogP contribution in [0.3, 0.4) is 0 Å². The van der Waals surface area contributed by atoms with E-state index in [1.165, 1.54) is 4.90 Å². The number of carbonyl (C=O) groups excluding carboxylic acids is 7. The van der Waals surface area contributed by atoms with E-state index in [1.807, 2.05) is 41.5 Å². The van der Waals surface area contributed by atoms with E-state index in [0.717, 1.165) is 5.56 Å². The molecule has 1 atom stereocenters. The number of esters is 1. The maximum atomic E-state index is 12.3. The van der Waals surface area contributed by atoms with Crippen LogP contribution >= 0.6 is 0 Å². The quantitative estimate of drug-likeness (QED) is 0.0320. The van der Waals surface area contributed by atoms with Gasteiger partial charge >= 0.3 is 5.97 Å². The van der Waals surface area contributed by atoms with Crippen LogP contribution in [0.15, 0.2) is 24.3 Å². The Balaban J connectivity index is 0.00000148. The molecule has 1 heterocycles. The first-order valence-electron chi connectivity index (χ1n) is 24.2. The lowest BCUT2D eigenvalue weighted by Crippen LogP contribution is -2.36. The van der Waals surface area contributed by atoms with Gasteiger partial charge in [-0.25, -0.2) is 0 Å². The highest BCUT2D eigenvalue weighted by Gasteiger charge is 2.39. The number of nitrogens with one attached hydrogen (secondary N) is 3. The van der Waals surface area contributed by atoms with Gasteiger partial charge < -0.3 is 64.3 Å². The van der Waals surface area contributed by atoms with Crippen LogP contribution in [-0.2, 0) is 82.8 Å². The van der Waals surface area contributed by atoms with Crippen LogP contribution in [0.2, 0.25) is 0 Å². The van der Waals surface area contributed by atoms with E-state index >= 15 is 0 Å². The van der Waals surface area contributed by atoms with Gasteiger partial charge in [-0.2, -0.15) is 0 Å². The predicted octanol–water partition coefficient (Wildman–Crippen LogP) is 3.04. The Labute approximate surface area is 415 Å². The van der Waals surface area contributed by atoms with Crippen molar-refractivity contribution in [1.29, 1.82) is 0 Å². The maximum absolute atomic E-state index is 12.3. The summed E-state index contributed by atoms with van der Waals surface area (Å²) in [5.41, 5.74) is 6.62. The van der Waals surface area contributed by atoms with Gasteiger partial charge in [-0.3, -0.25) is 38.5 Å². The third-order valence-corrected chi connectivity index (χ3v) is 9.39. The number of likely N-dealkylation sites (tertiary alicyclic amines) is 1. The molecule has 5 N–H and O–H groups in total. The number of benzene rings is 1. The second-order valence-electron chi connectivity index (χ2n) is 17.2. The second kappa shape index (κ2) is 43.2. The summed E-state index contributed by atoms with van der Waals surface area (Å²) < 4.78 is 48.1. The monoisotopic (exact) mass is 1000 g/mol. The Morgan fingerprint density at radius 3 is 1.50 bits per heavy atom. The van der Waals surface area contributed by atoms with Gasteiger partial charge in [-0.05, 0) is 43.4 Å². The molecule has 6 amide bonds. The van der Waals surface area contributed by atoms with Crippen molar-refractivity contribution in [3.8, 4) is 0 Å². The largest absolute Gasteiger partial charge is 0.461 e. The van der Waals surface area contributed by atoms with Crippen LogP contribution in [0.4, 0.5) is 5.69 Å². The van der Waals surface area contributed by atoms with E-state index in [1.54, 1.807) is 38.1 Å². The lowest BCUT2D eigenvalue weighted by atomic mass is 9.94. The van der Waals surface area contributed by atoms with Gasteiger partial charge in [-0.15, -0.1) is 0 Å². The molecule has 1 unspecified atom stereocenters. The van der Waals surface area contributed by atoms with Gasteiger partial charge in [0.15, 0.2) is 0 Å². The summed E-state index contributed by atoms with van der Waals surface area (Å²) in [6.45, 7) is 23.0. The lowest BCUT2D eigenvalue weighted by Gasteiger charge is -2.16. The Hall–Kier alpha value is -4.61. The molecule has 1 aliphatic rings. The fourth-order valence-electron chi connectivity index (χ4n) is 5.68. The smallest absolute Gasteiger partial charge is 0.308 e. The van der Waals surface area contributed by atoms with Gasteiger partial charge in [0.05, 0.1) is 112 Å². The molecular weight excluding hydrogens is 915 g/mol. The van der Waals surface area contributed by atoms with E-state index in [4.69, 9.17) is 48.4 Å². The summed E-state index contributed by atoms with van der Waals surface area (Å²) in [6.07, 6.45) is 1.77. The average Bonchev–Trinajstić information content (AvgIpc) is 3.59. The molecule has 1 saturated heterocycles. The number of ether oxygens (including phenoxy) is 9. The standard InChI is InChI=1S/C29H53N3O12.C12H15NO3.C8H17NO/c1-24(2)25-23-28(35)32(29(25)36)6-3-27(34)31-5-8-38-10-12-40-14-16-42-18-20-44-22-21-43-19-17-41-15-13-39-11-9-37-7-4-26(30)33;1-9(2)12(15)16-7-10-3-5-11(6-4-10)13-8-14;1-6(2)5-8(10)9-7(3)4/h24-25H,3-23H2,1-2H3,(H2,30,33)(H,31,34);3-6,8-9H,7H2,1-2H3,(H,13,14);6-7H,5H2,1-4H3,(H,9,10). The van der Waals surface area contributed by atoms with Gasteiger partial charge in [-0.1, -0.05) is 53.7 Å². The van der Waals surface area contributed by atoms with E-state index in [0.29, 0.717) is 137 Å². The molecule has 1 aromatic rings. The predicted molar refractivity (Wildman–Crippen MR) is 261 cm³/mol. The minimum Gasteiger partial charge on any atom is -0.461 e. The molecule has 402 valence electrons. The van der Waals surface area contributed by atoms with Gasteiger partial charge in [0, 0.05) is 56.4 Å². The highest BCUT2D eigenvalue weighted by molar-refractivity contribution is 6.03. The molecule has 0 radical (unpaired) electrons. The molecule has 1 aromatic carbocycles. The number of imide groups is 1. The molecular formula is C49H85N5O16. The van der Waals surface area contributed by atoms with E-state index in [-0.39, 0.29) is 91.7 Å². The lowest BCUT2D eigenvalue weighted by molar-refractivity contribution is -0.148. The highest BCUT2D eigenvalue weighted by Crippen LogP contribution is 2.26. The minimum absolute atomic E-state index is 0.0822. The van der Waals surface area contributed by atoms with Crippen molar-refractivity contribution in [2.24, 2.45) is 29.4 Å². The van der Waals surface area contributed by atoms with E-state index in [9.17, 15) is 33.6 Å². The number of rotatable bonds is 39. The van der Waals surface area contributed by atoms with Crippen LogP contribution < -0.4 is 21.7 Å². The third-order valence-electron chi connectivity index (χ3n) is 9.39. The van der Waals surface area contributed by atoms with Gasteiger partial charge in [0.25, 0.3) is 0 Å². The zero-order chi connectivity index (χ0) is 52.4. The summed E-state index contributed by atoms with van der Waals surface area (Å²) in [7, 11) is 0. The van der Waals surface area contributed by atoms with Gasteiger partial charge in [0.1, 0.15) is 6.61 Å². The Morgan fingerprint density at radius 1 is 0.657 bits per heavy atom. The van der Waals surface area contributed by atoms with Crippen molar-refractivity contribution in [3.63, 3.8) is 0 Å². The third kappa shape index (κ3) is 38.2. The molecule has 0 saturated carbocycles. The summed E-state index contributed by atoms with van der Waals surface area (Å²) in [5.74, 6) is -0.887. The molecule has 21 nitrogen and oxygen atoms in total. The van der Waals surface area contributed by atoms with Crippen molar-refractivity contribution in [3.05, 3.63) is 29.8 Å². The highest BCUT2D eigenvalue weighted by atomic mass is 16.6. The van der Waals surface area contributed by atoms with Crippen molar-refractivity contribution < 1.29 is 76.2 Å². The van der Waals surface area contributed by atoms with Crippen molar-refractivity contribution in [1.82, 2.24) is 15.5 Å². The zero-order valence-electron chi connectivity index (χ0n) is 43.1. The first-order valence-corrected chi connectivity index (χ1v) is 24.2. The Morgan fingerprint density at radius 2 is 1.11 bits per heavy atom. The van der Waals surface area contributed by atoms with Crippen LogP contribution in [-0.4, -0.2) is 172 Å². The Bertz CT molecular complexity index is 1550. The number of nitrogens with two attached hydrogens (primary N) is 1. The molecule has 21 heteroatoms.